The summed E-state index contributed by atoms with van der Waals surface area (Å²) in [7, 11) is -3.06. The molecule has 3 heterocycles. The molecule has 5 unspecified atom stereocenters. The van der Waals surface area contributed by atoms with Gasteiger partial charge in [-0.3, -0.25) is 0 Å². The molecule has 0 saturated carbocycles. The van der Waals surface area contributed by atoms with Crippen LogP contribution < -0.4 is 0 Å². The minimum absolute atomic E-state index is 0.0764. The third-order valence-electron chi connectivity index (χ3n) is 3.85. The number of rotatable bonds is 2. The molecule has 3 aliphatic rings. The van der Waals surface area contributed by atoms with Crippen LogP contribution in [0.3, 0.4) is 0 Å². The largest absolute Gasteiger partial charge is 0.456 e. The molecule has 0 aliphatic carbocycles. The number of hydrogen-bond acceptors (Lipinski definition) is 5. The molecule has 0 aromatic carbocycles. The molecule has 3 fully saturated rings. The number of esters is 1. The molecule has 5 nitrogen and oxygen atoms in total. The Morgan fingerprint density at radius 2 is 2.18 bits per heavy atom. The maximum absolute atomic E-state index is 11.8. The summed E-state index contributed by atoms with van der Waals surface area (Å²) in [5.74, 6) is -0.577. The average Bonchev–Trinajstić information content (AvgIpc) is 2.81. The lowest BCUT2D eigenvalue weighted by Crippen LogP contribution is -2.38. The third kappa shape index (κ3) is 1.47. The van der Waals surface area contributed by atoms with Gasteiger partial charge in [-0.15, -0.1) is 0 Å². The molecular formula is C11H14O5S. The lowest BCUT2D eigenvalue weighted by Gasteiger charge is -2.23. The molecule has 17 heavy (non-hydrogen) atoms. The molecule has 0 spiro atoms. The predicted molar refractivity (Wildman–Crippen MR) is 59.0 cm³/mol. The van der Waals surface area contributed by atoms with E-state index < -0.39 is 21.9 Å². The van der Waals surface area contributed by atoms with Gasteiger partial charge in [0.25, 0.3) is 0 Å². The van der Waals surface area contributed by atoms with Crippen LogP contribution in [0.2, 0.25) is 0 Å². The van der Waals surface area contributed by atoms with Crippen molar-refractivity contribution in [3.63, 3.8) is 0 Å². The van der Waals surface area contributed by atoms with Gasteiger partial charge in [0, 0.05) is 11.5 Å². The minimum atomic E-state index is -3.06. The van der Waals surface area contributed by atoms with Crippen molar-refractivity contribution in [3.05, 3.63) is 12.2 Å². The monoisotopic (exact) mass is 258 g/mol. The van der Waals surface area contributed by atoms with Gasteiger partial charge >= 0.3 is 5.97 Å². The molecule has 94 valence electrons. The summed E-state index contributed by atoms with van der Waals surface area (Å²) < 4.78 is 34.5. The molecule has 3 aliphatic heterocycles. The number of ether oxygens (including phenoxy) is 2. The van der Waals surface area contributed by atoms with Gasteiger partial charge in [-0.2, -0.15) is 0 Å². The summed E-state index contributed by atoms with van der Waals surface area (Å²) in [4.78, 5) is 11.5. The van der Waals surface area contributed by atoms with E-state index in [1.165, 1.54) is 0 Å². The first-order valence-corrected chi connectivity index (χ1v) is 7.35. The Bertz CT molecular complexity index is 494. The SMILES string of the molecule is C=C(C)C(=O)OC1C2CC3C(O2)C1CS3(=O)=O. The Morgan fingerprint density at radius 3 is 2.82 bits per heavy atom. The van der Waals surface area contributed by atoms with Gasteiger partial charge in [0.1, 0.15) is 6.10 Å². The van der Waals surface area contributed by atoms with Gasteiger partial charge in [0.15, 0.2) is 9.84 Å². The van der Waals surface area contributed by atoms with Crippen molar-refractivity contribution < 1.29 is 22.7 Å². The van der Waals surface area contributed by atoms with Gasteiger partial charge in [0.2, 0.25) is 0 Å². The standard InChI is InChI=1S/C11H14O5S/c1-5(2)11(12)16-9-6-4-17(13,14)8-3-7(9)15-10(6)8/h6-10H,1,3-4H2,2H3. The van der Waals surface area contributed by atoms with Crippen molar-refractivity contribution in [2.45, 2.75) is 36.9 Å². The summed E-state index contributed by atoms with van der Waals surface area (Å²) >= 11 is 0. The molecule has 0 aromatic rings. The van der Waals surface area contributed by atoms with E-state index in [1.54, 1.807) is 6.92 Å². The van der Waals surface area contributed by atoms with Crippen LogP contribution in [0.15, 0.2) is 12.2 Å². The first kappa shape index (κ1) is 11.2. The van der Waals surface area contributed by atoms with E-state index in [-0.39, 0.29) is 29.1 Å². The van der Waals surface area contributed by atoms with Crippen molar-refractivity contribution in [2.75, 3.05) is 5.75 Å². The van der Waals surface area contributed by atoms with E-state index in [9.17, 15) is 13.2 Å². The van der Waals surface area contributed by atoms with Gasteiger partial charge in [-0.25, -0.2) is 13.2 Å². The molecule has 3 rings (SSSR count). The van der Waals surface area contributed by atoms with Gasteiger partial charge in [-0.05, 0) is 13.3 Å². The molecule has 3 saturated heterocycles. The lowest BCUT2D eigenvalue weighted by atomic mass is 9.88. The zero-order valence-electron chi connectivity index (χ0n) is 9.46. The van der Waals surface area contributed by atoms with Crippen LogP contribution in [-0.2, 0) is 24.1 Å². The average molecular weight is 258 g/mol. The van der Waals surface area contributed by atoms with E-state index >= 15 is 0 Å². The van der Waals surface area contributed by atoms with E-state index in [0.29, 0.717) is 12.0 Å². The highest BCUT2D eigenvalue weighted by atomic mass is 32.2. The van der Waals surface area contributed by atoms with Gasteiger partial charge in [0.05, 0.1) is 23.2 Å². The zero-order chi connectivity index (χ0) is 12.4. The third-order valence-corrected chi connectivity index (χ3v) is 6.08. The fourth-order valence-electron chi connectivity index (χ4n) is 3.08. The molecule has 0 N–H and O–H groups in total. The molecule has 6 heteroatoms. The Hall–Kier alpha value is -0.880. The molecule has 2 bridgehead atoms. The molecule has 5 atom stereocenters. The molecule has 0 amide bonds. The highest BCUT2D eigenvalue weighted by molar-refractivity contribution is 7.92. The van der Waals surface area contributed by atoms with E-state index in [1.807, 2.05) is 0 Å². The topological polar surface area (TPSA) is 69.7 Å². The number of carbonyl (C=O) groups is 1. The number of hydrogen-bond donors (Lipinski definition) is 0. The minimum Gasteiger partial charge on any atom is -0.456 e. The fraction of sp³-hybridized carbons (Fsp3) is 0.727. The number of carbonyl (C=O) groups excluding carboxylic acids is 1. The number of fused-ring (bicyclic) bond motifs is 1. The van der Waals surface area contributed by atoms with Gasteiger partial charge < -0.3 is 9.47 Å². The molecular weight excluding hydrogens is 244 g/mol. The van der Waals surface area contributed by atoms with Gasteiger partial charge in [-0.1, -0.05) is 6.58 Å². The van der Waals surface area contributed by atoms with Crippen molar-refractivity contribution in [3.8, 4) is 0 Å². The quantitative estimate of drug-likeness (QED) is 0.517. The second-order valence-electron chi connectivity index (χ2n) is 5.06. The summed E-state index contributed by atoms with van der Waals surface area (Å²) in [5.41, 5.74) is 0.324. The Kier molecular flexibility index (Phi) is 2.19. The maximum atomic E-state index is 11.8. The smallest absolute Gasteiger partial charge is 0.333 e. The van der Waals surface area contributed by atoms with E-state index in [0.717, 1.165) is 0 Å². The normalized spacial score (nSPS) is 44.9. The molecule has 0 aromatic heterocycles. The van der Waals surface area contributed by atoms with Crippen molar-refractivity contribution >= 4 is 15.8 Å². The number of sulfone groups is 1. The van der Waals surface area contributed by atoms with E-state index in [4.69, 9.17) is 9.47 Å². The van der Waals surface area contributed by atoms with Crippen LogP contribution in [-0.4, -0.2) is 43.7 Å². The predicted octanol–water partition coefficient (Wildman–Crippen LogP) is 0.0586. The van der Waals surface area contributed by atoms with Crippen LogP contribution in [0.1, 0.15) is 13.3 Å². The fourth-order valence-corrected chi connectivity index (χ4v) is 5.40. The summed E-state index contributed by atoms with van der Waals surface area (Å²) in [5, 5.41) is -0.378. The zero-order valence-corrected chi connectivity index (χ0v) is 10.3. The van der Waals surface area contributed by atoms with E-state index in [2.05, 4.69) is 6.58 Å². The van der Waals surface area contributed by atoms with Crippen LogP contribution in [0.5, 0.6) is 0 Å². The first-order chi connectivity index (χ1) is 7.90. The van der Waals surface area contributed by atoms with Crippen molar-refractivity contribution in [1.82, 2.24) is 0 Å². The lowest BCUT2D eigenvalue weighted by molar-refractivity contribution is -0.148. The Labute approximate surface area is 99.7 Å². The highest BCUT2D eigenvalue weighted by Gasteiger charge is 2.65. The van der Waals surface area contributed by atoms with Crippen LogP contribution in [0, 0.1) is 5.92 Å². The first-order valence-electron chi connectivity index (χ1n) is 5.63. The van der Waals surface area contributed by atoms with Crippen molar-refractivity contribution in [1.29, 1.82) is 0 Å². The summed E-state index contributed by atoms with van der Waals surface area (Å²) in [6.45, 7) is 5.09. The Balaban J connectivity index is 1.83. The van der Waals surface area contributed by atoms with Crippen molar-refractivity contribution in [2.24, 2.45) is 5.92 Å². The highest BCUT2D eigenvalue weighted by Crippen LogP contribution is 2.49. The summed E-state index contributed by atoms with van der Waals surface area (Å²) in [6.07, 6.45) is -0.487. The van der Waals surface area contributed by atoms with Crippen LogP contribution in [0.4, 0.5) is 0 Å². The molecule has 0 radical (unpaired) electrons. The maximum Gasteiger partial charge on any atom is 0.333 e. The Morgan fingerprint density at radius 1 is 1.47 bits per heavy atom. The van der Waals surface area contributed by atoms with Crippen LogP contribution in [0.25, 0.3) is 0 Å². The second kappa shape index (κ2) is 3.32. The second-order valence-corrected chi connectivity index (χ2v) is 7.32. The van der Waals surface area contributed by atoms with Crippen LogP contribution >= 0.6 is 0 Å². The summed E-state index contributed by atoms with van der Waals surface area (Å²) in [6, 6.07) is 0.